The monoisotopic (exact) mass is 254 g/mol. The van der Waals surface area contributed by atoms with Gasteiger partial charge in [-0.2, -0.15) is 0 Å². The Kier molecular flexibility index (Phi) is 3.47. The molecule has 0 radical (unpaired) electrons. The van der Waals surface area contributed by atoms with E-state index in [0.717, 1.165) is 25.3 Å². The number of nitro groups is 1. The van der Waals surface area contributed by atoms with Crippen LogP contribution in [-0.2, 0) is 4.74 Å². The molecule has 1 aliphatic carbocycles. The van der Waals surface area contributed by atoms with Crippen LogP contribution in [0.1, 0.15) is 19.3 Å². The lowest BCUT2D eigenvalue weighted by molar-refractivity contribution is -0.384. The summed E-state index contributed by atoms with van der Waals surface area (Å²) >= 11 is 0. The fourth-order valence-corrected chi connectivity index (χ4v) is 2.09. The summed E-state index contributed by atoms with van der Waals surface area (Å²) in [6.45, 7) is 0.496. The molecule has 2 rings (SSSR count). The number of anilines is 1. The Morgan fingerprint density at radius 3 is 2.78 bits per heavy atom. The summed E-state index contributed by atoms with van der Waals surface area (Å²) in [7, 11) is 1.64. The molecule has 5 nitrogen and oxygen atoms in total. The molecule has 1 fully saturated rings. The van der Waals surface area contributed by atoms with Gasteiger partial charge in [0.25, 0.3) is 5.69 Å². The molecule has 0 bridgehead atoms. The van der Waals surface area contributed by atoms with Gasteiger partial charge in [0.1, 0.15) is 11.5 Å². The quantitative estimate of drug-likeness (QED) is 0.648. The third-order valence-electron chi connectivity index (χ3n) is 3.46. The first-order chi connectivity index (χ1) is 8.56. The molecule has 0 unspecified atom stereocenters. The van der Waals surface area contributed by atoms with Crippen LogP contribution in [0.4, 0.5) is 15.8 Å². The third kappa shape index (κ3) is 2.43. The number of hydrogen-bond acceptors (Lipinski definition) is 4. The van der Waals surface area contributed by atoms with Gasteiger partial charge in [-0.3, -0.25) is 10.1 Å². The minimum absolute atomic E-state index is 0.234. The highest BCUT2D eigenvalue weighted by molar-refractivity contribution is 5.61. The summed E-state index contributed by atoms with van der Waals surface area (Å²) in [4.78, 5) is 10.2. The van der Waals surface area contributed by atoms with Crippen LogP contribution in [0.25, 0.3) is 0 Å². The predicted molar refractivity (Wildman–Crippen MR) is 65.1 cm³/mol. The lowest BCUT2D eigenvalue weighted by Crippen LogP contribution is -2.45. The molecule has 1 aromatic rings. The Labute approximate surface area is 104 Å². The van der Waals surface area contributed by atoms with Crippen molar-refractivity contribution in [1.29, 1.82) is 0 Å². The Hall–Kier alpha value is -1.69. The van der Waals surface area contributed by atoms with Gasteiger partial charge >= 0.3 is 0 Å². The molecule has 1 saturated carbocycles. The van der Waals surface area contributed by atoms with Gasteiger partial charge in [0.05, 0.1) is 16.6 Å². The van der Waals surface area contributed by atoms with E-state index in [9.17, 15) is 14.5 Å². The van der Waals surface area contributed by atoms with Crippen LogP contribution in [0.15, 0.2) is 18.2 Å². The molecular formula is C12H15FN2O3. The largest absolute Gasteiger partial charge is 0.377 e. The third-order valence-corrected chi connectivity index (χ3v) is 3.46. The first kappa shape index (κ1) is 12.8. The SMILES string of the molecule is COC1(CNc2ccc(F)cc2[N+](=O)[O-])CCC1. The van der Waals surface area contributed by atoms with Crippen molar-refractivity contribution in [2.75, 3.05) is 19.0 Å². The van der Waals surface area contributed by atoms with Crippen LogP contribution in [-0.4, -0.2) is 24.2 Å². The van der Waals surface area contributed by atoms with Gasteiger partial charge in [-0.25, -0.2) is 4.39 Å². The number of benzene rings is 1. The second-order valence-corrected chi connectivity index (χ2v) is 4.51. The zero-order valence-corrected chi connectivity index (χ0v) is 10.1. The molecule has 0 saturated heterocycles. The van der Waals surface area contributed by atoms with E-state index < -0.39 is 10.7 Å². The fourth-order valence-electron chi connectivity index (χ4n) is 2.09. The first-order valence-electron chi connectivity index (χ1n) is 5.79. The zero-order chi connectivity index (χ0) is 13.2. The van der Waals surface area contributed by atoms with E-state index >= 15 is 0 Å². The van der Waals surface area contributed by atoms with Crippen LogP contribution >= 0.6 is 0 Å². The van der Waals surface area contributed by atoms with E-state index in [1.54, 1.807) is 7.11 Å². The van der Waals surface area contributed by atoms with Gasteiger partial charge in [-0.15, -0.1) is 0 Å². The van der Waals surface area contributed by atoms with Crippen LogP contribution < -0.4 is 5.32 Å². The number of nitro benzene ring substituents is 1. The van der Waals surface area contributed by atoms with Gasteiger partial charge in [-0.1, -0.05) is 0 Å². The highest BCUT2D eigenvalue weighted by atomic mass is 19.1. The standard InChI is InChI=1S/C12H15FN2O3/c1-18-12(5-2-6-12)8-14-10-4-3-9(13)7-11(10)15(16)17/h3-4,7,14H,2,5-6,8H2,1H3. The first-order valence-corrected chi connectivity index (χ1v) is 5.79. The molecule has 0 spiro atoms. The highest BCUT2D eigenvalue weighted by Crippen LogP contribution is 2.36. The van der Waals surface area contributed by atoms with Gasteiger partial charge < -0.3 is 10.1 Å². The van der Waals surface area contributed by atoms with Gasteiger partial charge in [-0.05, 0) is 31.4 Å². The number of halogens is 1. The average molecular weight is 254 g/mol. The molecular weight excluding hydrogens is 239 g/mol. The van der Waals surface area contributed by atoms with Crippen molar-refractivity contribution in [2.24, 2.45) is 0 Å². The Balaban J connectivity index is 2.11. The molecule has 0 aromatic heterocycles. The maximum atomic E-state index is 13.0. The number of nitrogens with one attached hydrogen (secondary N) is 1. The number of ether oxygens (including phenoxy) is 1. The second-order valence-electron chi connectivity index (χ2n) is 4.51. The number of rotatable bonds is 5. The normalized spacial score (nSPS) is 17.0. The Bertz CT molecular complexity index is 455. The molecule has 6 heteroatoms. The number of methoxy groups -OCH3 is 1. The molecule has 18 heavy (non-hydrogen) atoms. The molecule has 1 aromatic carbocycles. The topological polar surface area (TPSA) is 64.4 Å². The molecule has 98 valence electrons. The number of nitrogens with zero attached hydrogens (tertiary/aromatic N) is 1. The summed E-state index contributed by atoms with van der Waals surface area (Å²) in [5.41, 5.74) is -0.160. The Morgan fingerprint density at radius 2 is 2.28 bits per heavy atom. The van der Waals surface area contributed by atoms with E-state index in [2.05, 4.69) is 5.32 Å². The molecule has 0 amide bonds. The van der Waals surface area contributed by atoms with E-state index in [0.29, 0.717) is 12.2 Å². The molecule has 0 heterocycles. The predicted octanol–water partition coefficient (Wildman–Crippen LogP) is 2.71. The second kappa shape index (κ2) is 4.89. The van der Waals surface area contributed by atoms with Crippen molar-refractivity contribution in [3.63, 3.8) is 0 Å². The van der Waals surface area contributed by atoms with Crippen molar-refractivity contribution in [3.8, 4) is 0 Å². The van der Waals surface area contributed by atoms with Gasteiger partial charge in [0.2, 0.25) is 0 Å². The molecule has 0 atom stereocenters. The van der Waals surface area contributed by atoms with Crippen LogP contribution in [0, 0.1) is 15.9 Å². The minimum Gasteiger partial charge on any atom is -0.377 e. The summed E-state index contributed by atoms with van der Waals surface area (Å²) in [6.07, 6.45) is 2.97. The van der Waals surface area contributed by atoms with E-state index in [4.69, 9.17) is 4.74 Å². The average Bonchev–Trinajstić information content (AvgIpc) is 2.29. The maximum absolute atomic E-state index is 13.0. The molecule has 1 N–H and O–H groups in total. The fraction of sp³-hybridized carbons (Fsp3) is 0.500. The van der Waals surface area contributed by atoms with Crippen molar-refractivity contribution in [1.82, 2.24) is 0 Å². The Morgan fingerprint density at radius 1 is 1.56 bits per heavy atom. The van der Waals surface area contributed by atoms with Gasteiger partial charge in [0, 0.05) is 13.7 Å². The lowest BCUT2D eigenvalue weighted by atomic mass is 9.80. The van der Waals surface area contributed by atoms with E-state index in [1.807, 2.05) is 0 Å². The molecule has 1 aliphatic rings. The maximum Gasteiger partial charge on any atom is 0.295 e. The smallest absolute Gasteiger partial charge is 0.295 e. The molecule has 0 aliphatic heterocycles. The minimum atomic E-state index is -0.614. The summed E-state index contributed by atoms with van der Waals surface area (Å²) < 4.78 is 18.4. The van der Waals surface area contributed by atoms with Crippen molar-refractivity contribution in [2.45, 2.75) is 24.9 Å². The zero-order valence-electron chi connectivity index (χ0n) is 10.1. The van der Waals surface area contributed by atoms with E-state index in [1.165, 1.54) is 12.1 Å². The summed E-state index contributed by atoms with van der Waals surface area (Å²) in [5.74, 6) is -0.614. The van der Waals surface area contributed by atoms with E-state index in [-0.39, 0.29) is 11.3 Å². The summed E-state index contributed by atoms with van der Waals surface area (Å²) in [6, 6.07) is 3.51. The number of hydrogen-bond donors (Lipinski definition) is 1. The summed E-state index contributed by atoms with van der Waals surface area (Å²) in [5, 5.41) is 13.8. The van der Waals surface area contributed by atoms with Crippen molar-refractivity contribution >= 4 is 11.4 Å². The van der Waals surface area contributed by atoms with Crippen LogP contribution in [0.5, 0.6) is 0 Å². The lowest BCUT2D eigenvalue weighted by Gasteiger charge is -2.40. The van der Waals surface area contributed by atoms with Crippen molar-refractivity contribution < 1.29 is 14.1 Å². The van der Waals surface area contributed by atoms with Gasteiger partial charge in [0.15, 0.2) is 0 Å². The highest BCUT2D eigenvalue weighted by Gasteiger charge is 2.37. The van der Waals surface area contributed by atoms with Crippen molar-refractivity contribution in [3.05, 3.63) is 34.1 Å². The van der Waals surface area contributed by atoms with Crippen LogP contribution in [0.2, 0.25) is 0 Å². The van der Waals surface area contributed by atoms with Crippen LogP contribution in [0.3, 0.4) is 0 Å².